The van der Waals surface area contributed by atoms with Crippen molar-refractivity contribution in [3.63, 3.8) is 0 Å². The van der Waals surface area contributed by atoms with Crippen molar-refractivity contribution in [2.45, 2.75) is 18.9 Å². The average Bonchev–Trinajstić information content (AvgIpc) is 2.40. The highest BCUT2D eigenvalue weighted by molar-refractivity contribution is 9.10. The molecule has 102 valence electrons. The van der Waals surface area contributed by atoms with Crippen LogP contribution in [0.15, 0.2) is 22.7 Å². The van der Waals surface area contributed by atoms with Gasteiger partial charge in [0.2, 0.25) is 0 Å². The van der Waals surface area contributed by atoms with Crippen LogP contribution in [0.1, 0.15) is 13.3 Å². The number of benzene rings is 1. The van der Waals surface area contributed by atoms with E-state index in [2.05, 4.69) is 27.3 Å². The van der Waals surface area contributed by atoms with Crippen molar-refractivity contribution >= 4 is 21.6 Å². The van der Waals surface area contributed by atoms with E-state index < -0.39 is 10.5 Å². The Kier molecular flexibility index (Phi) is 5.27. The Labute approximate surface area is 119 Å². The van der Waals surface area contributed by atoms with E-state index in [4.69, 9.17) is 10.00 Å². The maximum atomic E-state index is 10.8. The van der Waals surface area contributed by atoms with E-state index in [0.29, 0.717) is 16.6 Å². The number of nitrogens with zero attached hydrogens (tertiary/aromatic N) is 2. The zero-order valence-electron chi connectivity index (χ0n) is 10.6. The number of nitriles is 1. The summed E-state index contributed by atoms with van der Waals surface area (Å²) in [7, 11) is 1.70. The van der Waals surface area contributed by atoms with Gasteiger partial charge in [0, 0.05) is 12.5 Å². The first-order valence-corrected chi connectivity index (χ1v) is 6.38. The molecule has 0 aromatic heterocycles. The summed E-state index contributed by atoms with van der Waals surface area (Å²) >= 11 is 3.15. The van der Waals surface area contributed by atoms with Gasteiger partial charge in [-0.1, -0.05) is 6.07 Å². The molecule has 0 bridgehead atoms. The van der Waals surface area contributed by atoms with Crippen LogP contribution in [0, 0.1) is 21.4 Å². The summed E-state index contributed by atoms with van der Waals surface area (Å²) in [5.74, 6) is 0.394. The first kappa shape index (κ1) is 15.4. The van der Waals surface area contributed by atoms with Gasteiger partial charge in [-0.2, -0.15) is 5.26 Å². The second kappa shape index (κ2) is 6.50. The van der Waals surface area contributed by atoms with Crippen LogP contribution in [0.5, 0.6) is 5.75 Å². The molecule has 1 rings (SSSR count). The molecule has 1 N–H and O–H groups in total. The first-order valence-electron chi connectivity index (χ1n) is 5.59. The highest BCUT2D eigenvalue weighted by Crippen LogP contribution is 2.33. The van der Waals surface area contributed by atoms with Crippen molar-refractivity contribution in [3.8, 4) is 11.8 Å². The highest BCUT2D eigenvalue weighted by atomic mass is 79.9. The van der Waals surface area contributed by atoms with Crippen molar-refractivity contribution < 1.29 is 9.66 Å². The summed E-state index contributed by atoms with van der Waals surface area (Å²) < 4.78 is 5.79. The molecule has 0 amide bonds. The van der Waals surface area contributed by atoms with Gasteiger partial charge in [0.1, 0.15) is 15.8 Å². The molecular formula is C12H14BrN3O3. The van der Waals surface area contributed by atoms with Crippen LogP contribution in [-0.2, 0) is 0 Å². The number of nitro groups is 1. The number of hydrogen-bond acceptors (Lipinski definition) is 5. The van der Waals surface area contributed by atoms with Crippen molar-refractivity contribution in [2.24, 2.45) is 0 Å². The number of hydrogen-bond donors (Lipinski definition) is 1. The Hall–Kier alpha value is -1.65. The molecule has 0 aliphatic heterocycles. The lowest BCUT2D eigenvalue weighted by molar-refractivity contribution is -0.385. The predicted molar refractivity (Wildman–Crippen MR) is 74.0 cm³/mol. The third kappa shape index (κ3) is 3.91. The van der Waals surface area contributed by atoms with Gasteiger partial charge in [-0.15, -0.1) is 0 Å². The van der Waals surface area contributed by atoms with E-state index in [1.165, 1.54) is 6.07 Å². The second-order valence-electron chi connectivity index (χ2n) is 4.14. The van der Waals surface area contributed by atoms with Gasteiger partial charge in [0.25, 0.3) is 5.69 Å². The largest absolute Gasteiger partial charge is 0.492 e. The van der Waals surface area contributed by atoms with Crippen LogP contribution in [0.25, 0.3) is 0 Å². The van der Waals surface area contributed by atoms with Gasteiger partial charge in [0.05, 0.1) is 17.6 Å². The summed E-state index contributed by atoms with van der Waals surface area (Å²) in [6.45, 7) is 2.05. The maximum Gasteiger partial charge on any atom is 0.287 e. The summed E-state index contributed by atoms with van der Waals surface area (Å²) in [4.78, 5) is 10.3. The number of nitro benzene ring substituents is 1. The molecule has 0 aliphatic carbocycles. The molecule has 0 saturated carbocycles. The van der Waals surface area contributed by atoms with Crippen LogP contribution in [0.3, 0.4) is 0 Å². The number of ether oxygens (including phenoxy) is 1. The predicted octanol–water partition coefficient (Wildman–Crippen LogP) is 2.63. The van der Waals surface area contributed by atoms with E-state index in [9.17, 15) is 10.1 Å². The van der Waals surface area contributed by atoms with Crippen LogP contribution in [0.2, 0.25) is 0 Å². The lowest BCUT2D eigenvalue weighted by Gasteiger charge is -2.20. The Balaban J connectivity index is 2.72. The van der Waals surface area contributed by atoms with Crippen molar-refractivity contribution in [1.29, 1.82) is 5.26 Å². The zero-order chi connectivity index (χ0) is 14.5. The molecule has 1 aromatic rings. The molecule has 19 heavy (non-hydrogen) atoms. The molecule has 1 unspecified atom stereocenters. The fourth-order valence-electron chi connectivity index (χ4n) is 1.35. The van der Waals surface area contributed by atoms with Crippen molar-refractivity contribution in [3.05, 3.63) is 32.8 Å². The van der Waals surface area contributed by atoms with E-state index in [0.717, 1.165) is 0 Å². The van der Waals surface area contributed by atoms with Crippen LogP contribution in [0.4, 0.5) is 5.69 Å². The fraction of sp³-hybridized carbons (Fsp3) is 0.417. The molecular weight excluding hydrogens is 314 g/mol. The maximum absolute atomic E-state index is 10.8. The van der Waals surface area contributed by atoms with Gasteiger partial charge in [-0.05, 0) is 36.0 Å². The molecule has 0 saturated heterocycles. The molecule has 1 aromatic carbocycles. The van der Waals surface area contributed by atoms with Crippen molar-refractivity contribution in [2.75, 3.05) is 13.7 Å². The SMILES string of the molecule is CNC(C)(C#N)CCOc1cccc([N+](=O)[O-])c1Br. The van der Waals surface area contributed by atoms with E-state index >= 15 is 0 Å². The lowest BCUT2D eigenvalue weighted by Crippen LogP contribution is -2.39. The van der Waals surface area contributed by atoms with E-state index in [-0.39, 0.29) is 12.3 Å². The number of nitrogens with one attached hydrogen (secondary N) is 1. The average molecular weight is 328 g/mol. The zero-order valence-corrected chi connectivity index (χ0v) is 12.2. The first-order chi connectivity index (χ1) is 8.93. The normalized spacial score (nSPS) is 13.4. The monoisotopic (exact) mass is 327 g/mol. The Morgan fingerprint density at radius 1 is 1.63 bits per heavy atom. The molecule has 0 spiro atoms. The fourth-order valence-corrected chi connectivity index (χ4v) is 1.88. The van der Waals surface area contributed by atoms with E-state index in [1.807, 2.05) is 0 Å². The minimum Gasteiger partial charge on any atom is -0.492 e. The van der Waals surface area contributed by atoms with Crippen LogP contribution >= 0.6 is 15.9 Å². The molecule has 1 atom stereocenters. The van der Waals surface area contributed by atoms with Crippen LogP contribution < -0.4 is 10.1 Å². The highest BCUT2D eigenvalue weighted by Gasteiger charge is 2.22. The second-order valence-corrected chi connectivity index (χ2v) is 4.93. The van der Waals surface area contributed by atoms with Gasteiger partial charge in [-0.3, -0.25) is 10.1 Å². The van der Waals surface area contributed by atoms with Crippen LogP contribution in [-0.4, -0.2) is 24.1 Å². The van der Waals surface area contributed by atoms with Gasteiger partial charge in [0.15, 0.2) is 0 Å². The smallest absolute Gasteiger partial charge is 0.287 e. The van der Waals surface area contributed by atoms with Gasteiger partial charge >= 0.3 is 0 Å². The van der Waals surface area contributed by atoms with Crippen molar-refractivity contribution in [1.82, 2.24) is 5.32 Å². The third-order valence-corrected chi connectivity index (χ3v) is 3.59. The third-order valence-electron chi connectivity index (χ3n) is 2.80. The molecule has 0 fully saturated rings. The Morgan fingerprint density at radius 2 is 2.32 bits per heavy atom. The van der Waals surface area contributed by atoms with Gasteiger partial charge in [-0.25, -0.2) is 0 Å². The number of rotatable bonds is 6. The standard InChI is InChI=1S/C12H14BrN3O3/c1-12(8-14,15-2)6-7-19-10-5-3-4-9(11(10)13)16(17)18/h3-5,15H,6-7H2,1-2H3. The molecule has 0 heterocycles. The molecule has 6 nitrogen and oxygen atoms in total. The van der Waals surface area contributed by atoms with E-state index in [1.54, 1.807) is 26.1 Å². The molecule has 0 aliphatic rings. The number of halogens is 1. The molecule has 0 radical (unpaired) electrons. The summed E-state index contributed by atoms with van der Waals surface area (Å²) in [5.41, 5.74) is -0.720. The minimum atomic E-state index is -0.673. The summed E-state index contributed by atoms with van der Waals surface area (Å²) in [6, 6.07) is 6.73. The summed E-state index contributed by atoms with van der Waals surface area (Å²) in [6.07, 6.45) is 0.467. The quantitative estimate of drug-likeness (QED) is 0.640. The Bertz CT molecular complexity index is 515. The Morgan fingerprint density at radius 3 is 2.84 bits per heavy atom. The minimum absolute atomic E-state index is 0.0471. The van der Waals surface area contributed by atoms with Gasteiger partial charge < -0.3 is 10.1 Å². The molecule has 7 heteroatoms. The summed E-state index contributed by atoms with van der Waals surface area (Å²) in [5, 5.41) is 22.7. The lowest BCUT2D eigenvalue weighted by atomic mass is 10.0. The topological polar surface area (TPSA) is 88.2 Å².